The van der Waals surface area contributed by atoms with Crippen LogP contribution in [0.1, 0.15) is 15.9 Å². The van der Waals surface area contributed by atoms with Gasteiger partial charge in [-0.25, -0.2) is 14.8 Å². The molecule has 5 nitrogen and oxygen atoms in total. The van der Waals surface area contributed by atoms with Gasteiger partial charge in [0.05, 0.1) is 5.69 Å². The van der Waals surface area contributed by atoms with E-state index in [9.17, 15) is 9.90 Å². The van der Waals surface area contributed by atoms with Gasteiger partial charge in [0.1, 0.15) is 5.56 Å². The monoisotopic (exact) mass is 445 g/mol. The molecule has 0 atom stereocenters. The van der Waals surface area contributed by atoms with Crippen LogP contribution in [0.3, 0.4) is 0 Å². The van der Waals surface area contributed by atoms with Crippen molar-refractivity contribution in [1.82, 2.24) is 9.97 Å². The maximum absolute atomic E-state index is 11.6. The summed E-state index contributed by atoms with van der Waals surface area (Å²) in [7, 11) is 1.89. The van der Waals surface area contributed by atoms with Gasteiger partial charge >= 0.3 is 5.97 Å². The van der Waals surface area contributed by atoms with E-state index < -0.39 is 5.97 Å². The molecule has 3 aromatic rings. The first-order chi connectivity index (χ1) is 12.1. The summed E-state index contributed by atoms with van der Waals surface area (Å²) in [5.74, 6) is -0.546. The summed E-state index contributed by atoms with van der Waals surface area (Å²) in [6.07, 6.45) is 1.38. The minimum atomic E-state index is -1.04. The molecule has 126 valence electrons. The van der Waals surface area contributed by atoms with Crippen LogP contribution in [0.15, 0.2) is 60.8 Å². The van der Waals surface area contributed by atoms with Gasteiger partial charge < -0.3 is 10.0 Å². The number of anilines is 1. The molecule has 0 saturated heterocycles. The van der Waals surface area contributed by atoms with Crippen molar-refractivity contribution in [2.75, 3.05) is 11.9 Å². The maximum Gasteiger partial charge on any atom is 0.339 e. The van der Waals surface area contributed by atoms with E-state index in [1.54, 1.807) is 0 Å². The third-order valence-corrected chi connectivity index (χ3v) is 4.68. The average molecular weight is 445 g/mol. The molecular weight excluding hydrogens is 429 g/mol. The van der Waals surface area contributed by atoms with E-state index >= 15 is 0 Å². The van der Waals surface area contributed by atoms with Crippen molar-refractivity contribution in [3.63, 3.8) is 0 Å². The zero-order valence-corrected chi connectivity index (χ0v) is 15.7. The second-order valence-electron chi connectivity index (χ2n) is 5.56. The molecule has 0 spiro atoms. The van der Waals surface area contributed by atoms with E-state index in [4.69, 9.17) is 0 Å². The Kier molecular flexibility index (Phi) is 5.28. The molecule has 0 amide bonds. The number of halogens is 1. The molecule has 25 heavy (non-hydrogen) atoms. The van der Waals surface area contributed by atoms with Crippen molar-refractivity contribution >= 4 is 34.5 Å². The molecular formula is C19H16IN3O2. The predicted octanol–water partition coefficient (Wildman–Crippen LogP) is 4.08. The Hall–Kier alpha value is -2.48. The van der Waals surface area contributed by atoms with Crippen LogP contribution in [0.5, 0.6) is 0 Å². The van der Waals surface area contributed by atoms with Crippen molar-refractivity contribution < 1.29 is 9.90 Å². The Bertz CT molecular complexity index is 900. The average Bonchev–Trinajstić information content (AvgIpc) is 2.62. The van der Waals surface area contributed by atoms with Gasteiger partial charge in [-0.1, -0.05) is 48.5 Å². The fourth-order valence-corrected chi connectivity index (χ4v) is 3.14. The van der Waals surface area contributed by atoms with Gasteiger partial charge in [0.15, 0.2) is 0 Å². The van der Waals surface area contributed by atoms with Crippen LogP contribution in [0.4, 0.5) is 5.95 Å². The standard InChI is InChI=1S/C19H16IN3O2/c1-23(12-13-7-3-2-4-8-13)19-21-11-15(18(24)25)17(22-19)14-9-5-6-10-16(14)20/h2-11H,12H2,1H3,(H,24,25). The molecule has 0 saturated carbocycles. The first kappa shape index (κ1) is 17.3. The minimum absolute atomic E-state index is 0.0981. The number of nitrogens with zero attached hydrogens (tertiary/aromatic N) is 3. The zero-order valence-electron chi connectivity index (χ0n) is 13.6. The van der Waals surface area contributed by atoms with Crippen LogP contribution < -0.4 is 4.90 Å². The molecule has 0 aliphatic carbocycles. The van der Waals surface area contributed by atoms with E-state index in [0.29, 0.717) is 18.2 Å². The van der Waals surface area contributed by atoms with Gasteiger partial charge in [-0.15, -0.1) is 0 Å². The van der Waals surface area contributed by atoms with Crippen LogP contribution in [-0.4, -0.2) is 28.1 Å². The van der Waals surface area contributed by atoms with Crippen molar-refractivity contribution in [1.29, 1.82) is 0 Å². The normalized spacial score (nSPS) is 10.5. The molecule has 0 radical (unpaired) electrons. The van der Waals surface area contributed by atoms with Gasteiger partial charge in [0, 0.05) is 28.9 Å². The first-order valence-electron chi connectivity index (χ1n) is 7.66. The number of hydrogen-bond donors (Lipinski definition) is 1. The highest BCUT2D eigenvalue weighted by Gasteiger charge is 2.18. The quantitative estimate of drug-likeness (QED) is 0.600. The fourth-order valence-electron chi connectivity index (χ4n) is 2.50. The fraction of sp³-hybridized carbons (Fsp3) is 0.105. The highest BCUT2D eigenvalue weighted by atomic mass is 127. The molecule has 1 heterocycles. The number of benzene rings is 2. The lowest BCUT2D eigenvalue weighted by Gasteiger charge is -2.18. The van der Waals surface area contributed by atoms with Crippen molar-refractivity contribution in [2.24, 2.45) is 0 Å². The van der Waals surface area contributed by atoms with E-state index in [1.165, 1.54) is 6.20 Å². The molecule has 0 aliphatic heterocycles. The molecule has 0 unspecified atom stereocenters. The Morgan fingerprint density at radius 3 is 2.48 bits per heavy atom. The lowest BCUT2D eigenvalue weighted by atomic mass is 10.1. The number of carboxylic acids is 1. The van der Waals surface area contributed by atoms with Gasteiger partial charge in [0.2, 0.25) is 5.95 Å². The summed E-state index contributed by atoms with van der Waals surface area (Å²) < 4.78 is 0.943. The summed E-state index contributed by atoms with van der Waals surface area (Å²) in [6.45, 7) is 0.637. The van der Waals surface area contributed by atoms with Gasteiger partial charge in [-0.3, -0.25) is 0 Å². The number of aromatic nitrogens is 2. The lowest BCUT2D eigenvalue weighted by molar-refractivity contribution is 0.0697. The molecule has 1 N–H and O–H groups in total. The van der Waals surface area contributed by atoms with Gasteiger partial charge in [-0.2, -0.15) is 0 Å². The predicted molar refractivity (Wildman–Crippen MR) is 106 cm³/mol. The molecule has 0 fully saturated rings. The van der Waals surface area contributed by atoms with Crippen molar-refractivity contribution in [3.8, 4) is 11.3 Å². The SMILES string of the molecule is CN(Cc1ccccc1)c1ncc(C(=O)O)c(-c2ccccc2I)n1. The summed E-state index contributed by atoms with van der Waals surface area (Å²) in [4.78, 5) is 22.3. The lowest BCUT2D eigenvalue weighted by Crippen LogP contribution is -2.20. The summed E-state index contributed by atoms with van der Waals surface area (Å²) in [5.41, 5.74) is 2.45. The molecule has 3 rings (SSSR count). The second kappa shape index (κ2) is 7.60. The molecule has 6 heteroatoms. The van der Waals surface area contributed by atoms with Crippen LogP contribution in [0, 0.1) is 3.57 Å². The highest BCUT2D eigenvalue weighted by Crippen LogP contribution is 2.28. The number of rotatable bonds is 5. The summed E-state index contributed by atoms with van der Waals surface area (Å²) >= 11 is 2.18. The number of carbonyl (C=O) groups is 1. The molecule has 0 aliphatic rings. The van der Waals surface area contributed by atoms with Gasteiger partial charge in [0.25, 0.3) is 0 Å². The van der Waals surface area contributed by atoms with Gasteiger partial charge in [-0.05, 0) is 34.2 Å². The Labute approximate surface area is 159 Å². The van der Waals surface area contributed by atoms with Crippen molar-refractivity contribution in [2.45, 2.75) is 6.54 Å². The van der Waals surface area contributed by atoms with Crippen LogP contribution >= 0.6 is 22.6 Å². The Morgan fingerprint density at radius 2 is 1.80 bits per heavy atom. The highest BCUT2D eigenvalue weighted by molar-refractivity contribution is 14.1. The van der Waals surface area contributed by atoms with Crippen LogP contribution in [0.2, 0.25) is 0 Å². The van der Waals surface area contributed by atoms with Crippen molar-refractivity contribution in [3.05, 3.63) is 75.5 Å². The van der Waals surface area contributed by atoms with Crippen LogP contribution in [0.25, 0.3) is 11.3 Å². The number of hydrogen-bond acceptors (Lipinski definition) is 4. The topological polar surface area (TPSA) is 66.3 Å². The Balaban J connectivity index is 2.01. The summed E-state index contributed by atoms with van der Waals surface area (Å²) in [6, 6.07) is 17.6. The molecule has 2 aromatic carbocycles. The number of aromatic carboxylic acids is 1. The Morgan fingerprint density at radius 1 is 1.12 bits per heavy atom. The second-order valence-corrected chi connectivity index (χ2v) is 6.72. The first-order valence-corrected chi connectivity index (χ1v) is 8.74. The van der Waals surface area contributed by atoms with E-state index in [2.05, 4.69) is 32.6 Å². The smallest absolute Gasteiger partial charge is 0.339 e. The third kappa shape index (κ3) is 3.96. The van der Waals surface area contributed by atoms with E-state index in [0.717, 1.165) is 14.7 Å². The molecule has 0 bridgehead atoms. The molecule has 1 aromatic heterocycles. The van der Waals surface area contributed by atoms with E-state index in [-0.39, 0.29) is 5.56 Å². The maximum atomic E-state index is 11.6. The minimum Gasteiger partial charge on any atom is -0.478 e. The van der Waals surface area contributed by atoms with E-state index in [1.807, 2.05) is 66.5 Å². The third-order valence-electron chi connectivity index (χ3n) is 3.74. The zero-order chi connectivity index (χ0) is 17.8. The van der Waals surface area contributed by atoms with Crippen LogP contribution in [-0.2, 0) is 6.54 Å². The summed E-state index contributed by atoms with van der Waals surface area (Å²) in [5, 5.41) is 9.49. The largest absolute Gasteiger partial charge is 0.478 e. The number of carboxylic acid groups (broad SMARTS) is 1.